The second-order valence-electron chi connectivity index (χ2n) is 8.73. The third-order valence-electron chi connectivity index (χ3n) is 6.18. The van der Waals surface area contributed by atoms with Crippen LogP contribution in [-0.2, 0) is 9.59 Å². The van der Waals surface area contributed by atoms with E-state index in [1.165, 1.54) is 5.56 Å². The molecular formula is C25H29N3O2. The molecule has 0 radical (unpaired) electrons. The van der Waals surface area contributed by atoms with Crippen molar-refractivity contribution in [1.82, 2.24) is 0 Å². The number of carbonyl (C=O) groups excluding carboxylic acids is 2. The molecule has 1 aliphatic heterocycles. The SMILES string of the molecule is Cc1cc2c(cc1C)N(CC(=O)Nc1cccc(C(C)C)c1)C(=O)[C@@H]1CCCC1=N2. The molecule has 1 fully saturated rings. The minimum absolute atomic E-state index is 0.0143. The van der Waals surface area contributed by atoms with E-state index < -0.39 is 0 Å². The van der Waals surface area contributed by atoms with Gasteiger partial charge in [0.05, 0.1) is 17.3 Å². The highest BCUT2D eigenvalue weighted by Gasteiger charge is 2.37. The summed E-state index contributed by atoms with van der Waals surface area (Å²) in [6.07, 6.45) is 2.63. The van der Waals surface area contributed by atoms with E-state index in [0.29, 0.717) is 5.92 Å². The van der Waals surface area contributed by atoms with E-state index in [1.807, 2.05) is 44.2 Å². The lowest BCUT2D eigenvalue weighted by Gasteiger charge is -2.25. The van der Waals surface area contributed by atoms with Crippen LogP contribution in [-0.4, -0.2) is 24.1 Å². The molecule has 5 heteroatoms. The lowest BCUT2D eigenvalue weighted by molar-refractivity contribution is -0.122. The van der Waals surface area contributed by atoms with Gasteiger partial charge in [0.15, 0.2) is 0 Å². The molecular weight excluding hydrogens is 374 g/mol. The minimum Gasteiger partial charge on any atom is -0.325 e. The molecule has 0 saturated heterocycles. The Morgan fingerprint density at radius 1 is 1.20 bits per heavy atom. The summed E-state index contributed by atoms with van der Waals surface area (Å²) >= 11 is 0. The first-order chi connectivity index (χ1) is 14.3. The van der Waals surface area contributed by atoms with Gasteiger partial charge in [-0.2, -0.15) is 0 Å². The van der Waals surface area contributed by atoms with Gasteiger partial charge in [0.25, 0.3) is 0 Å². The molecule has 30 heavy (non-hydrogen) atoms. The number of rotatable bonds is 4. The van der Waals surface area contributed by atoms with E-state index in [9.17, 15) is 9.59 Å². The van der Waals surface area contributed by atoms with Crippen molar-refractivity contribution in [1.29, 1.82) is 0 Å². The predicted octanol–water partition coefficient (Wildman–Crippen LogP) is 5.28. The monoisotopic (exact) mass is 403 g/mol. The van der Waals surface area contributed by atoms with Gasteiger partial charge in [-0.15, -0.1) is 0 Å². The van der Waals surface area contributed by atoms with Crippen LogP contribution >= 0.6 is 0 Å². The van der Waals surface area contributed by atoms with Crippen molar-refractivity contribution in [2.45, 2.75) is 52.9 Å². The number of benzene rings is 2. The van der Waals surface area contributed by atoms with Gasteiger partial charge in [-0.3, -0.25) is 14.6 Å². The van der Waals surface area contributed by atoms with Crippen LogP contribution in [0, 0.1) is 19.8 Å². The number of amides is 2. The Bertz CT molecular complexity index is 1040. The molecule has 0 bridgehead atoms. The number of hydrogen-bond donors (Lipinski definition) is 1. The standard InChI is InChI=1S/C25H29N3O2/c1-15(2)18-7-5-8-19(13-18)26-24(29)14-28-23-12-17(4)16(3)11-22(23)27-21-10-6-9-20(21)25(28)30/h5,7-8,11-13,15,20H,6,9-10,14H2,1-4H3,(H,26,29)/t20-/m1/s1. The smallest absolute Gasteiger partial charge is 0.244 e. The molecule has 4 rings (SSSR count). The maximum atomic E-state index is 13.4. The molecule has 1 N–H and O–H groups in total. The second-order valence-corrected chi connectivity index (χ2v) is 8.73. The lowest BCUT2D eigenvalue weighted by atomic mass is 10.0. The van der Waals surface area contributed by atoms with E-state index in [0.717, 1.165) is 53.2 Å². The molecule has 1 heterocycles. The zero-order chi connectivity index (χ0) is 21.4. The molecule has 2 amide bonds. The zero-order valence-electron chi connectivity index (χ0n) is 18.2. The number of carbonyl (C=O) groups is 2. The van der Waals surface area contributed by atoms with Crippen LogP contribution in [0.3, 0.4) is 0 Å². The van der Waals surface area contributed by atoms with E-state index in [-0.39, 0.29) is 24.3 Å². The molecule has 2 aliphatic rings. The summed E-state index contributed by atoms with van der Waals surface area (Å²) in [6, 6.07) is 11.9. The zero-order valence-corrected chi connectivity index (χ0v) is 18.2. The topological polar surface area (TPSA) is 61.8 Å². The Morgan fingerprint density at radius 3 is 2.73 bits per heavy atom. The summed E-state index contributed by atoms with van der Waals surface area (Å²) in [5.74, 6) is -0.0469. The Hall–Kier alpha value is -2.95. The van der Waals surface area contributed by atoms with Crippen LogP contribution in [0.5, 0.6) is 0 Å². The first kappa shape index (κ1) is 20.3. The van der Waals surface area contributed by atoms with Crippen LogP contribution in [0.15, 0.2) is 41.4 Å². The third-order valence-corrected chi connectivity index (χ3v) is 6.18. The molecule has 2 aromatic rings. The fourth-order valence-electron chi connectivity index (χ4n) is 4.26. The third kappa shape index (κ3) is 3.89. The van der Waals surface area contributed by atoms with Gasteiger partial charge in [-0.25, -0.2) is 0 Å². The van der Waals surface area contributed by atoms with Crippen molar-refractivity contribution < 1.29 is 9.59 Å². The Morgan fingerprint density at radius 2 is 1.97 bits per heavy atom. The number of aliphatic imine (C=N–C) groups is 1. The average Bonchev–Trinajstić information content (AvgIpc) is 3.13. The summed E-state index contributed by atoms with van der Waals surface area (Å²) < 4.78 is 0. The van der Waals surface area contributed by atoms with Crippen LogP contribution in [0.25, 0.3) is 0 Å². The highest BCUT2D eigenvalue weighted by molar-refractivity contribution is 6.16. The van der Waals surface area contributed by atoms with Gasteiger partial charge in [0, 0.05) is 11.4 Å². The van der Waals surface area contributed by atoms with Gasteiger partial charge in [0.2, 0.25) is 11.8 Å². The van der Waals surface area contributed by atoms with Gasteiger partial charge in [0.1, 0.15) is 6.54 Å². The van der Waals surface area contributed by atoms with Crippen molar-refractivity contribution in [3.63, 3.8) is 0 Å². The summed E-state index contributed by atoms with van der Waals surface area (Å²) in [6.45, 7) is 8.30. The van der Waals surface area contributed by atoms with Crippen LogP contribution < -0.4 is 10.2 Å². The molecule has 5 nitrogen and oxygen atoms in total. The van der Waals surface area contributed by atoms with E-state index in [1.54, 1.807) is 4.90 Å². The predicted molar refractivity (Wildman–Crippen MR) is 122 cm³/mol. The molecule has 0 aromatic heterocycles. The van der Waals surface area contributed by atoms with Gasteiger partial charge in [-0.1, -0.05) is 26.0 Å². The number of nitrogens with zero attached hydrogens (tertiary/aromatic N) is 2. The summed E-state index contributed by atoms with van der Waals surface area (Å²) in [7, 11) is 0. The normalized spacial score (nSPS) is 18.0. The van der Waals surface area contributed by atoms with Crippen LogP contribution in [0.1, 0.15) is 55.7 Å². The molecule has 0 unspecified atom stereocenters. The Kier molecular flexibility index (Phi) is 5.46. The molecule has 2 aromatic carbocycles. The number of fused-ring (bicyclic) bond motifs is 2. The minimum atomic E-state index is -0.213. The summed E-state index contributed by atoms with van der Waals surface area (Å²) in [5.41, 5.74) is 6.63. The number of aryl methyl sites for hydroxylation is 2. The number of anilines is 2. The van der Waals surface area contributed by atoms with Crippen LogP contribution in [0.4, 0.5) is 17.1 Å². The van der Waals surface area contributed by atoms with Crippen molar-refractivity contribution >= 4 is 34.6 Å². The van der Waals surface area contributed by atoms with E-state index in [2.05, 4.69) is 25.2 Å². The average molecular weight is 404 g/mol. The fraction of sp³-hybridized carbons (Fsp3) is 0.400. The quantitative estimate of drug-likeness (QED) is 0.754. The molecule has 1 aliphatic carbocycles. The highest BCUT2D eigenvalue weighted by atomic mass is 16.2. The van der Waals surface area contributed by atoms with Crippen LogP contribution in [0.2, 0.25) is 0 Å². The van der Waals surface area contributed by atoms with Gasteiger partial charge >= 0.3 is 0 Å². The van der Waals surface area contributed by atoms with Crippen molar-refractivity contribution in [2.24, 2.45) is 10.9 Å². The first-order valence-electron chi connectivity index (χ1n) is 10.7. The Labute approximate surface area is 178 Å². The van der Waals surface area contributed by atoms with Crippen molar-refractivity contribution in [2.75, 3.05) is 16.8 Å². The lowest BCUT2D eigenvalue weighted by Crippen LogP contribution is -2.42. The number of hydrogen-bond acceptors (Lipinski definition) is 3. The summed E-state index contributed by atoms with van der Waals surface area (Å²) in [4.78, 5) is 32.8. The van der Waals surface area contributed by atoms with E-state index in [4.69, 9.17) is 4.99 Å². The molecule has 1 atom stereocenters. The molecule has 156 valence electrons. The number of nitrogens with one attached hydrogen (secondary N) is 1. The van der Waals surface area contributed by atoms with Crippen molar-refractivity contribution in [3.8, 4) is 0 Å². The molecule has 0 spiro atoms. The van der Waals surface area contributed by atoms with Gasteiger partial charge in [-0.05, 0) is 80.0 Å². The molecule has 1 saturated carbocycles. The Balaban J connectivity index is 1.63. The maximum absolute atomic E-state index is 13.4. The maximum Gasteiger partial charge on any atom is 0.244 e. The highest BCUT2D eigenvalue weighted by Crippen LogP contribution is 2.39. The summed E-state index contributed by atoms with van der Waals surface area (Å²) in [5, 5.41) is 2.97. The largest absolute Gasteiger partial charge is 0.325 e. The van der Waals surface area contributed by atoms with Crippen molar-refractivity contribution in [3.05, 3.63) is 53.1 Å². The second kappa shape index (κ2) is 8.05. The fourth-order valence-corrected chi connectivity index (χ4v) is 4.26. The van der Waals surface area contributed by atoms with E-state index >= 15 is 0 Å². The van der Waals surface area contributed by atoms with Gasteiger partial charge < -0.3 is 10.2 Å². The first-order valence-corrected chi connectivity index (χ1v) is 10.7.